The number of carbonyl (C=O) groups is 1. The van der Waals surface area contributed by atoms with Crippen molar-refractivity contribution in [1.82, 2.24) is 5.32 Å². The third-order valence-electron chi connectivity index (χ3n) is 3.06. The zero-order valence-corrected chi connectivity index (χ0v) is 11.0. The lowest BCUT2D eigenvalue weighted by Gasteiger charge is -2.14. The third kappa shape index (κ3) is 3.32. The molecule has 1 N–H and O–H groups in total. The number of amides is 1. The van der Waals surface area contributed by atoms with Gasteiger partial charge in [0.05, 0.1) is 6.04 Å². The van der Waals surface area contributed by atoms with Gasteiger partial charge in [0.1, 0.15) is 0 Å². The minimum absolute atomic E-state index is 0.00668. The third-order valence-corrected chi connectivity index (χ3v) is 3.06. The van der Waals surface area contributed by atoms with Gasteiger partial charge in [-0.05, 0) is 30.2 Å². The Morgan fingerprint density at radius 1 is 1.11 bits per heavy atom. The molecule has 2 heteroatoms. The van der Waals surface area contributed by atoms with Gasteiger partial charge in [-0.15, -0.1) is 0 Å². The molecule has 19 heavy (non-hydrogen) atoms. The number of hydrogen-bond donors (Lipinski definition) is 1. The van der Waals surface area contributed by atoms with Gasteiger partial charge in [0, 0.05) is 5.56 Å². The molecule has 0 aliphatic carbocycles. The fourth-order valence-corrected chi connectivity index (χ4v) is 1.88. The number of nitrogens with one attached hydrogen (secondary N) is 1. The van der Waals surface area contributed by atoms with E-state index in [1.807, 2.05) is 61.5 Å². The molecule has 2 aromatic carbocycles. The molecule has 0 aliphatic heterocycles. The lowest BCUT2D eigenvalue weighted by molar-refractivity contribution is 0.0940. The monoisotopic (exact) mass is 251 g/mol. The van der Waals surface area contributed by atoms with E-state index in [-0.39, 0.29) is 11.9 Å². The maximum Gasteiger partial charge on any atom is 0.251 e. The molecule has 0 radical (unpaired) electrons. The van der Waals surface area contributed by atoms with E-state index in [1.54, 1.807) is 6.08 Å². The average molecular weight is 251 g/mol. The second kappa shape index (κ2) is 6.01. The highest BCUT2D eigenvalue weighted by Crippen LogP contribution is 2.13. The van der Waals surface area contributed by atoms with E-state index in [0.29, 0.717) is 5.56 Å². The van der Waals surface area contributed by atoms with Crippen LogP contribution < -0.4 is 5.32 Å². The van der Waals surface area contributed by atoms with Gasteiger partial charge in [0.25, 0.3) is 5.91 Å². The van der Waals surface area contributed by atoms with E-state index in [9.17, 15) is 4.79 Å². The Morgan fingerprint density at radius 3 is 2.32 bits per heavy atom. The largest absolute Gasteiger partial charge is 0.346 e. The van der Waals surface area contributed by atoms with Crippen LogP contribution >= 0.6 is 0 Å². The molecule has 0 saturated carbocycles. The summed E-state index contributed by atoms with van der Waals surface area (Å²) in [6, 6.07) is 17.3. The summed E-state index contributed by atoms with van der Waals surface area (Å²) >= 11 is 0. The smallest absolute Gasteiger partial charge is 0.251 e. The summed E-state index contributed by atoms with van der Waals surface area (Å²) in [6.45, 7) is 5.67. The second-order valence-electron chi connectivity index (χ2n) is 4.43. The summed E-state index contributed by atoms with van der Waals surface area (Å²) in [7, 11) is 0. The molecule has 0 aromatic heterocycles. The SMILES string of the molecule is C=Cc1ccc(C(=O)N[C@H](C)c2ccccc2)cc1. The molecule has 2 nitrogen and oxygen atoms in total. The van der Waals surface area contributed by atoms with E-state index in [4.69, 9.17) is 0 Å². The quantitative estimate of drug-likeness (QED) is 0.879. The van der Waals surface area contributed by atoms with Crippen molar-refractivity contribution in [1.29, 1.82) is 0 Å². The Kier molecular flexibility index (Phi) is 4.14. The maximum absolute atomic E-state index is 12.1. The van der Waals surface area contributed by atoms with Crippen LogP contribution in [0.3, 0.4) is 0 Å². The van der Waals surface area contributed by atoms with Crippen LogP contribution in [0.4, 0.5) is 0 Å². The second-order valence-corrected chi connectivity index (χ2v) is 4.43. The van der Waals surface area contributed by atoms with E-state index in [0.717, 1.165) is 11.1 Å². The Hall–Kier alpha value is -2.35. The van der Waals surface area contributed by atoms with Crippen molar-refractivity contribution in [2.24, 2.45) is 0 Å². The maximum atomic E-state index is 12.1. The molecular formula is C17H17NO. The molecular weight excluding hydrogens is 234 g/mol. The molecule has 0 spiro atoms. The first-order valence-electron chi connectivity index (χ1n) is 6.29. The Bertz CT molecular complexity index is 558. The Balaban J connectivity index is 2.06. The summed E-state index contributed by atoms with van der Waals surface area (Å²) in [5, 5.41) is 2.99. The molecule has 2 aromatic rings. The highest BCUT2D eigenvalue weighted by atomic mass is 16.1. The van der Waals surface area contributed by atoms with Crippen LogP contribution in [0.25, 0.3) is 6.08 Å². The molecule has 2 rings (SSSR count). The van der Waals surface area contributed by atoms with Crippen molar-refractivity contribution < 1.29 is 4.79 Å². The molecule has 0 bridgehead atoms. The predicted octanol–water partition coefficient (Wildman–Crippen LogP) is 3.82. The molecule has 96 valence electrons. The normalized spacial score (nSPS) is 11.6. The molecule has 1 atom stereocenters. The fraction of sp³-hybridized carbons (Fsp3) is 0.118. The number of benzene rings is 2. The van der Waals surface area contributed by atoms with Crippen LogP contribution in [0.2, 0.25) is 0 Å². The Labute approximate surface area is 113 Å². The Morgan fingerprint density at radius 2 is 1.74 bits per heavy atom. The zero-order valence-electron chi connectivity index (χ0n) is 11.0. The van der Waals surface area contributed by atoms with Gasteiger partial charge < -0.3 is 5.32 Å². The minimum Gasteiger partial charge on any atom is -0.346 e. The molecule has 0 saturated heterocycles. The van der Waals surface area contributed by atoms with Crippen LogP contribution in [0.15, 0.2) is 61.2 Å². The highest BCUT2D eigenvalue weighted by molar-refractivity contribution is 5.94. The van der Waals surface area contributed by atoms with Crippen LogP contribution in [0.1, 0.15) is 34.5 Å². The van der Waals surface area contributed by atoms with Crippen molar-refractivity contribution in [2.75, 3.05) is 0 Å². The van der Waals surface area contributed by atoms with Gasteiger partial charge >= 0.3 is 0 Å². The number of carbonyl (C=O) groups excluding carboxylic acids is 1. The predicted molar refractivity (Wildman–Crippen MR) is 78.9 cm³/mol. The van der Waals surface area contributed by atoms with Gasteiger partial charge in [-0.3, -0.25) is 4.79 Å². The number of rotatable bonds is 4. The summed E-state index contributed by atoms with van der Waals surface area (Å²) in [4.78, 5) is 12.1. The van der Waals surface area contributed by atoms with Crippen LogP contribution in [-0.4, -0.2) is 5.91 Å². The van der Waals surface area contributed by atoms with Crippen LogP contribution in [0, 0.1) is 0 Å². The van der Waals surface area contributed by atoms with E-state index in [2.05, 4.69) is 11.9 Å². The highest BCUT2D eigenvalue weighted by Gasteiger charge is 2.10. The fourth-order valence-electron chi connectivity index (χ4n) is 1.88. The van der Waals surface area contributed by atoms with Crippen molar-refractivity contribution in [3.63, 3.8) is 0 Å². The van der Waals surface area contributed by atoms with Gasteiger partial charge in [0.15, 0.2) is 0 Å². The van der Waals surface area contributed by atoms with Gasteiger partial charge in [-0.2, -0.15) is 0 Å². The van der Waals surface area contributed by atoms with Gasteiger partial charge in [0.2, 0.25) is 0 Å². The average Bonchev–Trinajstić information content (AvgIpc) is 2.48. The summed E-state index contributed by atoms with van der Waals surface area (Å²) in [5.74, 6) is -0.0630. The summed E-state index contributed by atoms with van der Waals surface area (Å²) < 4.78 is 0. The first-order valence-corrected chi connectivity index (χ1v) is 6.29. The zero-order chi connectivity index (χ0) is 13.7. The van der Waals surface area contributed by atoms with Gasteiger partial charge in [-0.1, -0.05) is 55.1 Å². The minimum atomic E-state index is -0.0630. The first kappa shape index (κ1) is 13.1. The molecule has 0 unspecified atom stereocenters. The lowest BCUT2D eigenvalue weighted by Crippen LogP contribution is -2.26. The van der Waals surface area contributed by atoms with Crippen LogP contribution in [0.5, 0.6) is 0 Å². The van der Waals surface area contributed by atoms with E-state index in [1.165, 1.54) is 0 Å². The lowest BCUT2D eigenvalue weighted by atomic mass is 10.1. The van der Waals surface area contributed by atoms with Crippen molar-refractivity contribution in [2.45, 2.75) is 13.0 Å². The van der Waals surface area contributed by atoms with E-state index >= 15 is 0 Å². The summed E-state index contributed by atoms with van der Waals surface area (Å²) in [6.07, 6.45) is 1.76. The molecule has 0 aliphatic rings. The van der Waals surface area contributed by atoms with Crippen molar-refractivity contribution in [3.05, 3.63) is 77.9 Å². The van der Waals surface area contributed by atoms with Crippen molar-refractivity contribution in [3.8, 4) is 0 Å². The molecule has 0 fully saturated rings. The summed E-state index contributed by atoms with van der Waals surface area (Å²) in [5.41, 5.74) is 2.76. The van der Waals surface area contributed by atoms with Gasteiger partial charge in [-0.25, -0.2) is 0 Å². The first-order chi connectivity index (χ1) is 9.20. The standard InChI is InChI=1S/C17H17NO/c1-3-14-9-11-16(12-10-14)17(19)18-13(2)15-7-5-4-6-8-15/h3-13H,1H2,2H3,(H,18,19)/t13-/m1/s1. The van der Waals surface area contributed by atoms with Crippen molar-refractivity contribution >= 4 is 12.0 Å². The van der Waals surface area contributed by atoms with E-state index < -0.39 is 0 Å². The topological polar surface area (TPSA) is 29.1 Å². The number of hydrogen-bond acceptors (Lipinski definition) is 1. The molecule has 1 amide bonds. The molecule has 0 heterocycles. The van der Waals surface area contributed by atoms with Crippen LogP contribution in [-0.2, 0) is 0 Å².